The first kappa shape index (κ1) is 13.1. The van der Waals surface area contributed by atoms with Crippen molar-refractivity contribution in [3.8, 4) is 11.1 Å². The molecule has 20 heavy (non-hydrogen) atoms. The highest BCUT2D eigenvalue weighted by Gasteiger charge is 2.10. The molecule has 0 amide bonds. The number of hydrogen-bond acceptors (Lipinski definition) is 2. The zero-order valence-corrected chi connectivity index (χ0v) is 12.1. The topological polar surface area (TPSA) is 26.0 Å². The van der Waals surface area contributed by atoms with Crippen LogP contribution in [-0.4, -0.2) is 0 Å². The number of hydrogen-bond donors (Lipinski definition) is 2. The van der Waals surface area contributed by atoms with Gasteiger partial charge in [-0.2, -0.15) is 0 Å². The highest BCUT2D eigenvalue weighted by molar-refractivity contribution is 7.80. The third kappa shape index (κ3) is 2.52. The van der Waals surface area contributed by atoms with E-state index in [1.54, 1.807) is 0 Å². The van der Waals surface area contributed by atoms with Crippen molar-refractivity contribution in [3.63, 3.8) is 0 Å². The van der Waals surface area contributed by atoms with Crippen LogP contribution >= 0.6 is 12.6 Å². The van der Waals surface area contributed by atoms with Crippen LogP contribution in [0.25, 0.3) is 16.7 Å². The summed E-state index contributed by atoms with van der Waals surface area (Å²) < 4.78 is 0. The van der Waals surface area contributed by atoms with E-state index in [0.29, 0.717) is 0 Å². The SMILES string of the molecule is Nc1ccc(-c2cccc(C3=CCCC=C3)c2S)cc1. The summed E-state index contributed by atoms with van der Waals surface area (Å²) in [5, 5.41) is 0. The van der Waals surface area contributed by atoms with Crippen molar-refractivity contribution in [2.75, 3.05) is 5.73 Å². The van der Waals surface area contributed by atoms with Crippen LogP contribution in [-0.2, 0) is 0 Å². The Morgan fingerprint density at radius 2 is 1.65 bits per heavy atom. The maximum Gasteiger partial charge on any atom is 0.0314 e. The number of allylic oxidation sites excluding steroid dienone is 4. The van der Waals surface area contributed by atoms with Crippen molar-refractivity contribution in [3.05, 3.63) is 66.3 Å². The lowest BCUT2D eigenvalue weighted by Gasteiger charge is -2.13. The zero-order chi connectivity index (χ0) is 13.9. The molecule has 0 saturated carbocycles. The Balaban J connectivity index is 2.07. The molecule has 0 heterocycles. The van der Waals surface area contributed by atoms with Gasteiger partial charge < -0.3 is 5.73 Å². The van der Waals surface area contributed by atoms with Gasteiger partial charge in [-0.25, -0.2) is 0 Å². The summed E-state index contributed by atoms with van der Waals surface area (Å²) in [6.45, 7) is 0. The standard InChI is InChI=1S/C18H17NS/c19-15-11-9-14(10-12-15)17-8-4-7-16(18(17)20)13-5-2-1-3-6-13/h2,4-12,20H,1,3,19H2. The average Bonchev–Trinajstić information content (AvgIpc) is 2.49. The van der Waals surface area contributed by atoms with E-state index in [9.17, 15) is 0 Å². The van der Waals surface area contributed by atoms with Gasteiger partial charge >= 0.3 is 0 Å². The molecule has 100 valence electrons. The van der Waals surface area contributed by atoms with E-state index >= 15 is 0 Å². The summed E-state index contributed by atoms with van der Waals surface area (Å²) >= 11 is 4.75. The van der Waals surface area contributed by atoms with Crippen LogP contribution < -0.4 is 5.73 Å². The van der Waals surface area contributed by atoms with Crippen LogP contribution in [0.3, 0.4) is 0 Å². The summed E-state index contributed by atoms with van der Waals surface area (Å²) in [5.41, 5.74) is 11.3. The minimum absolute atomic E-state index is 0.781. The van der Waals surface area contributed by atoms with Gasteiger partial charge in [-0.05, 0) is 47.2 Å². The number of rotatable bonds is 2. The van der Waals surface area contributed by atoms with Crippen molar-refractivity contribution in [2.24, 2.45) is 0 Å². The highest BCUT2D eigenvalue weighted by Crippen LogP contribution is 2.34. The van der Waals surface area contributed by atoms with Crippen molar-refractivity contribution >= 4 is 23.9 Å². The lowest BCUT2D eigenvalue weighted by atomic mass is 9.95. The molecule has 0 fully saturated rings. The van der Waals surface area contributed by atoms with Crippen molar-refractivity contribution < 1.29 is 0 Å². The molecule has 2 heteroatoms. The fourth-order valence-electron chi connectivity index (χ4n) is 2.49. The predicted molar refractivity (Wildman–Crippen MR) is 89.9 cm³/mol. The third-order valence-electron chi connectivity index (χ3n) is 3.56. The second-order valence-corrected chi connectivity index (χ2v) is 5.41. The van der Waals surface area contributed by atoms with Gasteiger partial charge in [0.25, 0.3) is 0 Å². The molecule has 0 bridgehead atoms. The quantitative estimate of drug-likeness (QED) is 0.590. The van der Waals surface area contributed by atoms with Crippen LogP contribution in [0.1, 0.15) is 18.4 Å². The molecular weight excluding hydrogens is 262 g/mol. The van der Waals surface area contributed by atoms with Gasteiger partial charge in [0.05, 0.1) is 0 Å². The van der Waals surface area contributed by atoms with E-state index in [-0.39, 0.29) is 0 Å². The van der Waals surface area contributed by atoms with Gasteiger partial charge in [-0.15, -0.1) is 12.6 Å². The highest BCUT2D eigenvalue weighted by atomic mass is 32.1. The molecule has 2 N–H and O–H groups in total. The Bertz CT molecular complexity index is 681. The van der Waals surface area contributed by atoms with Crippen LogP contribution in [0.15, 0.2) is 65.6 Å². The number of thiol groups is 1. The molecule has 0 spiro atoms. The molecule has 0 unspecified atom stereocenters. The van der Waals surface area contributed by atoms with Gasteiger partial charge in [0.15, 0.2) is 0 Å². The molecule has 0 radical (unpaired) electrons. The molecule has 0 saturated heterocycles. The minimum atomic E-state index is 0.781. The minimum Gasteiger partial charge on any atom is -0.399 e. The van der Waals surface area contributed by atoms with Gasteiger partial charge in [0, 0.05) is 10.6 Å². The third-order valence-corrected chi connectivity index (χ3v) is 4.05. The number of anilines is 1. The summed E-state index contributed by atoms with van der Waals surface area (Å²) in [4.78, 5) is 1.02. The molecular formula is C18H17NS. The van der Waals surface area contributed by atoms with E-state index in [2.05, 4.69) is 36.4 Å². The van der Waals surface area contributed by atoms with Crippen molar-refractivity contribution in [1.82, 2.24) is 0 Å². The Hall–Kier alpha value is -1.93. The molecule has 0 atom stereocenters. The second-order valence-electron chi connectivity index (χ2n) is 4.96. The Labute approximate surface area is 125 Å². The van der Waals surface area contributed by atoms with Crippen LogP contribution in [0.5, 0.6) is 0 Å². The van der Waals surface area contributed by atoms with Crippen LogP contribution in [0.4, 0.5) is 5.69 Å². The molecule has 1 aliphatic rings. The second kappa shape index (κ2) is 5.59. The molecule has 0 aliphatic heterocycles. The Morgan fingerprint density at radius 1 is 0.900 bits per heavy atom. The van der Waals surface area contributed by atoms with Gasteiger partial charge in [-0.3, -0.25) is 0 Å². The first-order valence-corrected chi connectivity index (χ1v) is 7.25. The molecule has 2 aromatic rings. The average molecular weight is 279 g/mol. The molecule has 1 aliphatic carbocycles. The Morgan fingerprint density at radius 3 is 2.35 bits per heavy atom. The normalized spacial score (nSPS) is 14.2. The monoisotopic (exact) mass is 279 g/mol. The smallest absolute Gasteiger partial charge is 0.0314 e. The lowest BCUT2D eigenvalue weighted by Crippen LogP contribution is -1.91. The predicted octanol–water partition coefficient (Wildman–Crippen LogP) is 4.96. The molecule has 1 nitrogen and oxygen atoms in total. The number of benzene rings is 2. The van der Waals surface area contributed by atoms with Crippen molar-refractivity contribution in [1.29, 1.82) is 0 Å². The first-order valence-electron chi connectivity index (χ1n) is 6.80. The Kier molecular flexibility index (Phi) is 3.66. The maximum atomic E-state index is 5.75. The summed E-state index contributed by atoms with van der Waals surface area (Å²) in [7, 11) is 0. The molecule has 0 aromatic heterocycles. The fraction of sp³-hybridized carbons (Fsp3) is 0.111. The van der Waals surface area contributed by atoms with Gasteiger partial charge in [-0.1, -0.05) is 48.6 Å². The zero-order valence-electron chi connectivity index (χ0n) is 11.2. The molecule has 2 aromatic carbocycles. The van der Waals surface area contributed by atoms with Gasteiger partial charge in [0.2, 0.25) is 0 Å². The van der Waals surface area contributed by atoms with E-state index in [4.69, 9.17) is 18.4 Å². The fourth-order valence-corrected chi connectivity index (χ4v) is 2.89. The summed E-state index contributed by atoms with van der Waals surface area (Å²) in [6.07, 6.45) is 8.92. The van der Waals surface area contributed by atoms with E-state index in [1.165, 1.54) is 11.1 Å². The largest absolute Gasteiger partial charge is 0.399 e. The summed E-state index contributed by atoms with van der Waals surface area (Å²) in [5.74, 6) is 0. The number of nitrogen functional groups attached to an aromatic ring is 1. The lowest BCUT2D eigenvalue weighted by molar-refractivity contribution is 1.04. The van der Waals surface area contributed by atoms with E-state index in [0.717, 1.165) is 34.6 Å². The van der Waals surface area contributed by atoms with E-state index < -0.39 is 0 Å². The first-order chi connectivity index (χ1) is 9.75. The summed E-state index contributed by atoms with van der Waals surface area (Å²) in [6, 6.07) is 14.3. The van der Waals surface area contributed by atoms with Gasteiger partial charge in [0.1, 0.15) is 0 Å². The number of nitrogens with two attached hydrogens (primary N) is 1. The van der Waals surface area contributed by atoms with Crippen LogP contribution in [0.2, 0.25) is 0 Å². The van der Waals surface area contributed by atoms with Crippen LogP contribution in [0, 0.1) is 0 Å². The molecule has 3 rings (SSSR count). The van der Waals surface area contributed by atoms with Crippen molar-refractivity contribution in [2.45, 2.75) is 17.7 Å². The maximum absolute atomic E-state index is 5.75. The van der Waals surface area contributed by atoms with E-state index in [1.807, 2.05) is 24.3 Å².